The van der Waals surface area contributed by atoms with Crippen molar-refractivity contribution in [2.45, 2.75) is 20.3 Å². The quantitative estimate of drug-likeness (QED) is 0.873. The van der Waals surface area contributed by atoms with Crippen LogP contribution in [0.25, 0.3) is 0 Å². The molecule has 6 heteroatoms. The first-order valence-electron chi connectivity index (χ1n) is 6.39. The normalized spacial score (nSPS) is 15.3. The van der Waals surface area contributed by atoms with E-state index in [4.69, 9.17) is 20.9 Å². The summed E-state index contributed by atoms with van der Waals surface area (Å²) in [6, 6.07) is 0. The van der Waals surface area contributed by atoms with Crippen LogP contribution in [-0.4, -0.2) is 17.1 Å². The van der Waals surface area contributed by atoms with Crippen molar-refractivity contribution in [2.75, 3.05) is 18.6 Å². The number of aromatic nitrogens is 2. The Labute approximate surface area is 118 Å². The van der Waals surface area contributed by atoms with E-state index in [1.54, 1.807) is 7.11 Å². The Morgan fingerprint density at radius 1 is 1.30 bits per heavy atom. The van der Waals surface area contributed by atoms with Crippen molar-refractivity contribution in [3.8, 4) is 5.75 Å². The van der Waals surface area contributed by atoms with E-state index >= 15 is 0 Å². The highest BCUT2D eigenvalue weighted by atomic mass is 16.5. The largest absolute Gasteiger partial charge is 0.501 e. The fourth-order valence-electron chi connectivity index (χ4n) is 1.94. The average molecular weight is 275 g/mol. The van der Waals surface area contributed by atoms with Crippen LogP contribution >= 0.6 is 0 Å². The molecular formula is C14H19N4O2. The van der Waals surface area contributed by atoms with Crippen LogP contribution in [-0.2, 0) is 4.74 Å². The van der Waals surface area contributed by atoms with E-state index in [9.17, 15) is 0 Å². The highest BCUT2D eigenvalue weighted by molar-refractivity contribution is 5.48. The second-order valence-corrected chi connectivity index (χ2v) is 4.77. The van der Waals surface area contributed by atoms with Crippen LogP contribution in [0.3, 0.4) is 0 Å². The molecule has 0 spiro atoms. The van der Waals surface area contributed by atoms with Crippen LogP contribution < -0.4 is 16.2 Å². The lowest BCUT2D eigenvalue weighted by molar-refractivity contribution is 0.288. The van der Waals surface area contributed by atoms with Gasteiger partial charge >= 0.3 is 0 Å². The van der Waals surface area contributed by atoms with Crippen molar-refractivity contribution >= 4 is 11.8 Å². The third kappa shape index (κ3) is 3.01. The van der Waals surface area contributed by atoms with Crippen molar-refractivity contribution < 1.29 is 9.47 Å². The summed E-state index contributed by atoms with van der Waals surface area (Å²) in [7, 11) is 1.65. The van der Waals surface area contributed by atoms with E-state index in [0.717, 1.165) is 17.1 Å². The molecule has 0 bridgehead atoms. The fourth-order valence-corrected chi connectivity index (χ4v) is 1.94. The molecule has 0 atom stereocenters. The Balaban J connectivity index is 2.32. The number of allylic oxidation sites excluding steroid dienone is 4. The number of methoxy groups -OCH3 is 1. The predicted octanol–water partition coefficient (Wildman–Crippen LogP) is 2.07. The van der Waals surface area contributed by atoms with Gasteiger partial charge in [0.2, 0.25) is 5.95 Å². The maximum atomic E-state index is 5.85. The second-order valence-electron chi connectivity index (χ2n) is 4.77. The molecule has 20 heavy (non-hydrogen) atoms. The number of nitrogens with two attached hydrogens (primary N) is 2. The van der Waals surface area contributed by atoms with Crippen molar-refractivity contribution in [2.24, 2.45) is 5.92 Å². The number of anilines is 2. The van der Waals surface area contributed by atoms with Crippen LogP contribution in [0.4, 0.5) is 11.8 Å². The van der Waals surface area contributed by atoms with Crippen LogP contribution in [0, 0.1) is 12.3 Å². The van der Waals surface area contributed by atoms with Crippen LogP contribution in [0.1, 0.15) is 20.3 Å². The first kappa shape index (κ1) is 14.2. The lowest BCUT2D eigenvalue weighted by Gasteiger charge is -2.22. The van der Waals surface area contributed by atoms with E-state index in [1.807, 2.05) is 12.5 Å². The summed E-state index contributed by atoms with van der Waals surface area (Å²) in [4.78, 5) is 7.78. The topological polar surface area (TPSA) is 96.3 Å². The molecule has 4 N–H and O–H groups in total. The molecule has 0 amide bonds. The number of rotatable bonds is 4. The number of ether oxygens (including phenoxy) is 2. The van der Waals surface area contributed by atoms with Crippen molar-refractivity contribution in [3.05, 3.63) is 35.8 Å². The Morgan fingerprint density at radius 2 is 2.05 bits per heavy atom. The van der Waals surface area contributed by atoms with Gasteiger partial charge in [-0.1, -0.05) is 13.8 Å². The molecule has 0 unspecified atom stereocenters. The standard InChI is InChI=1S/C14H19N4O2/c1-8(2)10-6-9(19-3)4-5-11(10)20-12-7-17-14(16)18-13(12)15/h4,6-8H,5H2,1-3H3,(H4,15,16,17,18). The molecule has 1 aromatic heterocycles. The van der Waals surface area contributed by atoms with E-state index in [0.29, 0.717) is 18.1 Å². The van der Waals surface area contributed by atoms with E-state index in [1.165, 1.54) is 6.20 Å². The zero-order valence-corrected chi connectivity index (χ0v) is 11.9. The second kappa shape index (κ2) is 5.81. The first-order chi connectivity index (χ1) is 9.51. The third-order valence-corrected chi connectivity index (χ3v) is 3.00. The highest BCUT2D eigenvalue weighted by Crippen LogP contribution is 2.31. The van der Waals surface area contributed by atoms with Crippen LogP contribution in [0.5, 0.6) is 5.75 Å². The van der Waals surface area contributed by atoms with Gasteiger partial charge < -0.3 is 20.9 Å². The van der Waals surface area contributed by atoms with Gasteiger partial charge in [0, 0.05) is 12.8 Å². The molecule has 1 radical (unpaired) electrons. The number of nitrogen functional groups attached to an aromatic ring is 2. The van der Waals surface area contributed by atoms with E-state index < -0.39 is 0 Å². The van der Waals surface area contributed by atoms with Gasteiger partial charge in [-0.15, -0.1) is 0 Å². The van der Waals surface area contributed by atoms with E-state index in [-0.39, 0.29) is 11.8 Å². The Kier molecular flexibility index (Phi) is 4.12. The van der Waals surface area contributed by atoms with Gasteiger partial charge in [0.05, 0.1) is 13.3 Å². The molecular weight excluding hydrogens is 256 g/mol. The minimum atomic E-state index is 0.129. The number of hydrogen-bond acceptors (Lipinski definition) is 6. The highest BCUT2D eigenvalue weighted by Gasteiger charge is 2.19. The zero-order valence-electron chi connectivity index (χ0n) is 11.9. The third-order valence-electron chi connectivity index (χ3n) is 3.00. The summed E-state index contributed by atoms with van der Waals surface area (Å²) in [5, 5.41) is 0. The summed E-state index contributed by atoms with van der Waals surface area (Å²) in [5.74, 6) is 2.73. The predicted molar refractivity (Wildman–Crippen MR) is 77.4 cm³/mol. The maximum absolute atomic E-state index is 5.85. The van der Waals surface area contributed by atoms with Gasteiger partial charge in [0.25, 0.3) is 0 Å². The molecule has 0 aromatic carbocycles. The minimum absolute atomic E-state index is 0.129. The van der Waals surface area contributed by atoms with Crippen LogP contribution in [0.2, 0.25) is 0 Å². The molecule has 0 aliphatic heterocycles. The fraction of sp³-hybridized carbons (Fsp3) is 0.357. The summed E-state index contributed by atoms with van der Waals surface area (Å²) >= 11 is 0. The molecule has 1 aromatic rings. The Hall–Kier alpha value is -2.24. The molecule has 1 heterocycles. The minimum Gasteiger partial charge on any atom is -0.501 e. The number of hydrogen-bond donors (Lipinski definition) is 2. The molecule has 1 aliphatic carbocycles. The lowest BCUT2D eigenvalue weighted by Crippen LogP contribution is -2.12. The summed E-state index contributed by atoms with van der Waals surface area (Å²) < 4.78 is 11.1. The monoisotopic (exact) mass is 275 g/mol. The summed E-state index contributed by atoms with van der Waals surface area (Å²) in [6.07, 6.45) is 6.04. The van der Waals surface area contributed by atoms with Gasteiger partial charge in [-0.3, -0.25) is 0 Å². The van der Waals surface area contributed by atoms with Gasteiger partial charge in [0.1, 0.15) is 11.5 Å². The molecule has 1 aliphatic rings. The van der Waals surface area contributed by atoms with Crippen molar-refractivity contribution in [1.29, 1.82) is 0 Å². The smallest absolute Gasteiger partial charge is 0.222 e. The SMILES string of the molecule is COC1=CC(C(C)C)=C(Oc2cnc(N)nc2N)C[CH]1. The van der Waals surface area contributed by atoms with Gasteiger partial charge in [-0.05, 0) is 17.6 Å². The Bertz CT molecular complexity index is 564. The number of nitrogens with zero attached hydrogens (tertiary/aromatic N) is 2. The van der Waals surface area contributed by atoms with Gasteiger partial charge in [0.15, 0.2) is 11.6 Å². The molecule has 0 saturated carbocycles. The van der Waals surface area contributed by atoms with Crippen molar-refractivity contribution in [1.82, 2.24) is 9.97 Å². The molecule has 6 nitrogen and oxygen atoms in total. The lowest BCUT2D eigenvalue weighted by atomic mass is 9.94. The van der Waals surface area contributed by atoms with E-state index in [2.05, 4.69) is 23.8 Å². The molecule has 0 fully saturated rings. The summed E-state index contributed by atoms with van der Waals surface area (Å²) in [6.45, 7) is 4.19. The van der Waals surface area contributed by atoms with Crippen LogP contribution in [0.15, 0.2) is 29.4 Å². The van der Waals surface area contributed by atoms with Crippen molar-refractivity contribution in [3.63, 3.8) is 0 Å². The molecule has 2 rings (SSSR count). The van der Waals surface area contributed by atoms with Gasteiger partial charge in [-0.2, -0.15) is 4.98 Å². The molecule has 0 saturated heterocycles. The maximum Gasteiger partial charge on any atom is 0.222 e. The zero-order chi connectivity index (χ0) is 14.7. The Morgan fingerprint density at radius 3 is 2.65 bits per heavy atom. The summed E-state index contributed by atoms with van der Waals surface area (Å²) in [5.41, 5.74) is 12.3. The average Bonchev–Trinajstić information content (AvgIpc) is 2.42. The first-order valence-corrected chi connectivity index (χ1v) is 6.39. The molecule has 107 valence electrons. The van der Waals surface area contributed by atoms with Gasteiger partial charge in [-0.25, -0.2) is 4.98 Å².